The van der Waals surface area contributed by atoms with Crippen molar-refractivity contribution in [3.63, 3.8) is 0 Å². The molecule has 0 saturated heterocycles. The standard InChI is InChI=1S/C24H30F4O/c1-2-15-29-22-13-11-20(12-14-22)18-5-3-17(4-6-18)19-7-9-21(10-8-19)23(25)16-24(26,27)28/h2,11-14,16-19,21H,1,3-10,15H2/b23-16-. The molecule has 2 aliphatic rings. The lowest BCUT2D eigenvalue weighted by Gasteiger charge is -2.37. The molecule has 0 N–H and O–H groups in total. The van der Waals surface area contributed by atoms with Gasteiger partial charge in [0, 0.05) is 5.92 Å². The third-order valence-corrected chi connectivity index (χ3v) is 6.62. The predicted octanol–water partition coefficient (Wildman–Crippen LogP) is 7.75. The van der Waals surface area contributed by atoms with Crippen molar-refractivity contribution >= 4 is 0 Å². The lowest BCUT2D eigenvalue weighted by Crippen LogP contribution is -2.25. The van der Waals surface area contributed by atoms with Gasteiger partial charge in [0.05, 0.1) is 6.08 Å². The third-order valence-electron chi connectivity index (χ3n) is 6.62. The quantitative estimate of drug-likeness (QED) is 0.344. The summed E-state index contributed by atoms with van der Waals surface area (Å²) in [5.41, 5.74) is 1.34. The van der Waals surface area contributed by atoms with Crippen LogP contribution in [0, 0.1) is 17.8 Å². The van der Waals surface area contributed by atoms with Crippen molar-refractivity contribution in [2.45, 2.75) is 63.5 Å². The summed E-state index contributed by atoms with van der Waals surface area (Å²) < 4.78 is 56.4. The minimum absolute atomic E-state index is 0.156. The molecule has 0 bridgehead atoms. The molecule has 2 saturated carbocycles. The molecule has 0 aliphatic heterocycles. The number of benzene rings is 1. The Hall–Kier alpha value is -1.78. The average Bonchev–Trinajstić information content (AvgIpc) is 2.72. The van der Waals surface area contributed by atoms with E-state index in [0.717, 1.165) is 44.3 Å². The zero-order chi connectivity index (χ0) is 20.9. The second-order valence-electron chi connectivity index (χ2n) is 8.46. The van der Waals surface area contributed by atoms with Gasteiger partial charge in [-0.3, -0.25) is 0 Å². The Balaban J connectivity index is 1.45. The Kier molecular flexibility index (Phi) is 7.42. The first kappa shape index (κ1) is 21.9. The monoisotopic (exact) mass is 410 g/mol. The summed E-state index contributed by atoms with van der Waals surface area (Å²) in [6.45, 7) is 4.15. The van der Waals surface area contributed by atoms with Gasteiger partial charge in [-0.05, 0) is 86.8 Å². The second kappa shape index (κ2) is 9.82. The van der Waals surface area contributed by atoms with Crippen molar-refractivity contribution in [2.75, 3.05) is 6.61 Å². The molecule has 0 amide bonds. The Morgan fingerprint density at radius 2 is 1.48 bits per heavy atom. The van der Waals surface area contributed by atoms with Gasteiger partial charge in [0.1, 0.15) is 18.2 Å². The van der Waals surface area contributed by atoms with Gasteiger partial charge in [-0.25, -0.2) is 4.39 Å². The van der Waals surface area contributed by atoms with Gasteiger partial charge in [-0.15, -0.1) is 0 Å². The minimum atomic E-state index is -4.56. The van der Waals surface area contributed by atoms with E-state index < -0.39 is 17.9 Å². The molecule has 2 fully saturated rings. The number of halogens is 4. The lowest BCUT2D eigenvalue weighted by atomic mass is 9.68. The van der Waals surface area contributed by atoms with Crippen LogP contribution in [0.15, 0.2) is 48.8 Å². The highest BCUT2D eigenvalue weighted by Gasteiger charge is 2.34. The zero-order valence-electron chi connectivity index (χ0n) is 16.8. The molecule has 0 atom stereocenters. The van der Waals surface area contributed by atoms with Crippen LogP contribution in [0.4, 0.5) is 17.6 Å². The molecule has 0 spiro atoms. The van der Waals surface area contributed by atoms with E-state index in [-0.39, 0.29) is 6.08 Å². The predicted molar refractivity (Wildman–Crippen MR) is 108 cm³/mol. The summed E-state index contributed by atoms with van der Waals surface area (Å²) >= 11 is 0. The van der Waals surface area contributed by atoms with Crippen LogP contribution in [-0.2, 0) is 0 Å². The SMILES string of the molecule is C=CCOc1ccc(C2CCC(C3CCC(/C(F)=C/C(F)(F)F)CC3)CC2)cc1. The maximum absolute atomic E-state index is 13.8. The van der Waals surface area contributed by atoms with Crippen molar-refractivity contribution in [1.29, 1.82) is 0 Å². The highest BCUT2D eigenvalue weighted by Crippen LogP contribution is 2.45. The molecule has 0 radical (unpaired) electrons. The first-order chi connectivity index (χ1) is 13.9. The molecule has 0 unspecified atom stereocenters. The van der Waals surface area contributed by atoms with Crippen molar-refractivity contribution < 1.29 is 22.3 Å². The lowest BCUT2D eigenvalue weighted by molar-refractivity contribution is -0.0821. The first-order valence-corrected chi connectivity index (χ1v) is 10.6. The fourth-order valence-corrected chi connectivity index (χ4v) is 5.06. The summed E-state index contributed by atoms with van der Waals surface area (Å²) in [4.78, 5) is 0. The normalized spacial score (nSPS) is 28.8. The molecular formula is C24H30F4O. The van der Waals surface area contributed by atoms with Crippen LogP contribution in [0.3, 0.4) is 0 Å². The Bertz CT molecular complexity index is 676. The van der Waals surface area contributed by atoms with Crippen LogP contribution >= 0.6 is 0 Å². The van der Waals surface area contributed by atoms with E-state index in [9.17, 15) is 17.6 Å². The summed E-state index contributed by atoms with van der Waals surface area (Å²) in [6.07, 6.45) is 4.34. The number of alkyl halides is 3. The minimum Gasteiger partial charge on any atom is -0.490 e. The fourth-order valence-electron chi connectivity index (χ4n) is 5.06. The van der Waals surface area contributed by atoms with Crippen LogP contribution in [0.5, 0.6) is 5.75 Å². The molecule has 0 aromatic heterocycles. The van der Waals surface area contributed by atoms with Gasteiger partial charge in [0.25, 0.3) is 0 Å². The zero-order valence-corrected chi connectivity index (χ0v) is 16.8. The number of ether oxygens (including phenoxy) is 1. The Morgan fingerprint density at radius 3 is 2.00 bits per heavy atom. The third kappa shape index (κ3) is 6.35. The van der Waals surface area contributed by atoms with Crippen molar-refractivity contribution in [3.8, 4) is 5.75 Å². The van der Waals surface area contributed by atoms with Crippen LogP contribution < -0.4 is 4.74 Å². The number of hydrogen-bond acceptors (Lipinski definition) is 1. The first-order valence-electron chi connectivity index (χ1n) is 10.6. The number of rotatable bonds is 6. The van der Waals surface area contributed by atoms with E-state index in [0.29, 0.717) is 37.2 Å². The average molecular weight is 410 g/mol. The Labute approximate surface area is 170 Å². The smallest absolute Gasteiger partial charge is 0.412 e. The van der Waals surface area contributed by atoms with E-state index in [1.54, 1.807) is 6.08 Å². The molecule has 1 nitrogen and oxygen atoms in total. The fraction of sp³-hybridized carbons (Fsp3) is 0.583. The largest absolute Gasteiger partial charge is 0.490 e. The van der Waals surface area contributed by atoms with Gasteiger partial charge in [0.15, 0.2) is 0 Å². The summed E-state index contributed by atoms with van der Waals surface area (Å²) in [7, 11) is 0. The Morgan fingerprint density at radius 1 is 0.931 bits per heavy atom. The van der Waals surface area contributed by atoms with Gasteiger partial charge < -0.3 is 4.74 Å². The molecule has 160 valence electrons. The van der Waals surface area contributed by atoms with Gasteiger partial charge in [-0.1, -0.05) is 24.8 Å². The highest BCUT2D eigenvalue weighted by molar-refractivity contribution is 5.29. The second-order valence-corrected chi connectivity index (χ2v) is 8.46. The van der Waals surface area contributed by atoms with Crippen LogP contribution in [0.1, 0.15) is 62.8 Å². The van der Waals surface area contributed by atoms with Crippen molar-refractivity contribution in [3.05, 3.63) is 54.4 Å². The maximum Gasteiger partial charge on any atom is 0.412 e. The van der Waals surface area contributed by atoms with Crippen molar-refractivity contribution in [2.24, 2.45) is 17.8 Å². The van der Waals surface area contributed by atoms with Crippen LogP contribution in [-0.4, -0.2) is 12.8 Å². The summed E-state index contributed by atoms with van der Waals surface area (Å²) in [6, 6.07) is 8.30. The topological polar surface area (TPSA) is 9.23 Å². The summed E-state index contributed by atoms with van der Waals surface area (Å²) in [5, 5.41) is 0. The molecule has 1 aromatic rings. The number of allylic oxidation sites excluding steroid dienone is 2. The van der Waals surface area contributed by atoms with E-state index in [1.807, 2.05) is 12.1 Å². The van der Waals surface area contributed by atoms with Gasteiger partial charge in [0.2, 0.25) is 0 Å². The van der Waals surface area contributed by atoms with Crippen molar-refractivity contribution in [1.82, 2.24) is 0 Å². The van der Waals surface area contributed by atoms with E-state index in [1.165, 1.54) is 5.56 Å². The molecule has 29 heavy (non-hydrogen) atoms. The summed E-state index contributed by atoms with van der Waals surface area (Å²) in [5.74, 6) is 1.03. The number of hydrogen-bond donors (Lipinski definition) is 0. The van der Waals surface area contributed by atoms with Gasteiger partial charge >= 0.3 is 6.18 Å². The molecule has 0 heterocycles. The highest BCUT2D eigenvalue weighted by atomic mass is 19.4. The van der Waals surface area contributed by atoms with E-state index in [4.69, 9.17) is 4.74 Å². The van der Waals surface area contributed by atoms with E-state index >= 15 is 0 Å². The van der Waals surface area contributed by atoms with E-state index in [2.05, 4.69) is 18.7 Å². The molecule has 1 aromatic carbocycles. The van der Waals surface area contributed by atoms with Crippen LogP contribution in [0.25, 0.3) is 0 Å². The molecule has 3 rings (SSSR count). The van der Waals surface area contributed by atoms with Crippen LogP contribution in [0.2, 0.25) is 0 Å². The van der Waals surface area contributed by atoms with Gasteiger partial charge in [-0.2, -0.15) is 13.2 Å². The molecule has 5 heteroatoms. The maximum atomic E-state index is 13.8. The molecular weight excluding hydrogens is 380 g/mol. The molecule has 2 aliphatic carbocycles.